The maximum Gasteiger partial charge on any atom is 0.191 e. The molecule has 0 fully saturated rings. The largest absolute Gasteiger partial charge is 0.492 e. The summed E-state index contributed by atoms with van der Waals surface area (Å²) < 4.78 is 5.79. The van der Waals surface area contributed by atoms with E-state index in [9.17, 15) is 0 Å². The second kappa shape index (κ2) is 13.8. The van der Waals surface area contributed by atoms with Gasteiger partial charge in [0.1, 0.15) is 12.4 Å². The summed E-state index contributed by atoms with van der Waals surface area (Å²) in [7, 11) is 4.09. The van der Waals surface area contributed by atoms with Gasteiger partial charge in [0, 0.05) is 19.6 Å². The molecule has 1 rings (SSSR count). The maximum atomic E-state index is 5.79. The van der Waals surface area contributed by atoms with Crippen molar-refractivity contribution >= 4 is 17.7 Å². The summed E-state index contributed by atoms with van der Waals surface area (Å²) in [6.07, 6.45) is 4.55. The van der Waals surface area contributed by atoms with E-state index in [1.165, 1.54) is 18.6 Å². The van der Waals surface area contributed by atoms with Gasteiger partial charge < -0.3 is 20.3 Å². The highest BCUT2D eigenvalue weighted by molar-refractivity contribution is 7.98. The molecule has 0 spiro atoms. The summed E-state index contributed by atoms with van der Waals surface area (Å²) in [6.45, 7) is 6.16. The number of thioether (sulfide) groups is 1. The molecule has 1 aromatic rings. The zero-order valence-corrected chi connectivity index (χ0v) is 17.0. The Morgan fingerprint density at radius 3 is 2.80 bits per heavy atom. The Labute approximate surface area is 157 Å². The number of ether oxygens (including phenoxy) is 1. The van der Waals surface area contributed by atoms with Gasteiger partial charge in [0.25, 0.3) is 0 Å². The normalized spacial score (nSPS) is 11.6. The molecule has 0 atom stereocenters. The minimum Gasteiger partial charge on any atom is -0.492 e. The zero-order chi connectivity index (χ0) is 18.3. The fourth-order valence-corrected chi connectivity index (χ4v) is 2.66. The monoisotopic (exact) mass is 366 g/mol. The molecule has 1 aromatic carbocycles. The van der Waals surface area contributed by atoms with Crippen molar-refractivity contribution in [3.63, 3.8) is 0 Å². The molecular weight excluding hydrogens is 332 g/mol. The van der Waals surface area contributed by atoms with Gasteiger partial charge in [0.05, 0.1) is 6.54 Å². The number of guanidine groups is 1. The highest BCUT2D eigenvalue weighted by atomic mass is 32.2. The van der Waals surface area contributed by atoms with Crippen LogP contribution in [0, 0.1) is 0 Å². The van der Waals surface area contributed by atoms with Gasteiger partial charge in [-0.3, -0.25) is 0 Å². The average Bonchev–Trinajstić information content (AvgIpc) is 2.59. The fraction of sp³-hybridized carbons (Fsp3) is 0.632. The van der Waals surface area contributed by atoms with Crippen molar-refractivity contribution in [3.05, 3.63) is 29.8 Å². The summed E-state index contributed by atoms with van der Waals surface area (Å²) >= 11 is 1.90. The second-order valence-corrected chi connectivity index (χ2v) is 7.11. The van der Waals surface area contributed by atoms with Crippen LogP contribution in [0.25, 0.3) is 0 Å². The molecule has 0 aliphatic heterocycles. The molecule has 5 nitrogen and oxygen atoms in total. The second-order valence-electron chi connectivity index (χ2n) is 6.12. The zero-order valence-electron chi connectivity index (χ0n) is 16.2. The molecule has 0 saturated heterocycles. The Kier molecular flexibility index (Phi) is 12.0. The van der Waals surface area contributed by atoms with Gasteiger partial charge in [-0.25, -0.2) is 4.99 Å². The van der Waals surface area contributed by atoms with Crippen LogP contribution in [0.4, 0.5) is 0 Å². The van der Waals surface area contributed by atoms with Gasteiger partial charge in [-0.1, -0.05) is 12.1 Å². The first-order chi connectivity index (χ1) is 12.2. The van der Waals surface area contributed by atoms with Crippen LogP contribution in [0.3, 0.4) is 0 Å². The van der Waals surface area contributed by atoms with Crippen molar-refractivity contribution in [1.82, 2.24) is 15.5 Å². The SMILES string of the molecule is CCNC(=NCc1cccc(OCCN(C)C)c1)NCCCCSC. The van der Waals surface area contributed by atoms with Gasteiger partial charge in [-0.05, 0) is 63.6 Å². The molecule has 0 aliphatic rings. The van der Waals surface area contributed by atoms with Crippen molar-refractivity contribution in [1.29, 1.82) is 0 Å². The van der Waals surface area contributed by atoms with E-state index in [0.717, 1.165) is 36.9 Å². The number of nitrogens with one attached hydrogen (secondary N) is 2. The van der Waals surface area contributed by atoms with Gasteiger partial charge in [-0.15, -0.1) is 0 Å². The molecule has 0 radical (unpaired) electrons. The van der Waals surface area contributed by atoms with Crippen molar-refractivity contribution in [2.24, 2.45) is 4.99 Å². The van der Waals surface area contributed by atoms with Crippen molar-refractivity contribution in [3.8, 4) is 5.75 Å². The summed E-state index contributed by atoms with van der Waals surface area (Å²) in [5.41, 5.74) is 1.15. The molecule has 0 aliphatic carbocycles. The Hall–Kier alpha value is -1.40. The number of rotatable bonds is 12. The number of unbranched alkanes of at least 4 members (excludes halogenated alkanes) is 1. The lowest BCUT2D eigenvalue weighted by Gasteiger charge is -2.12. The van der Waals surface area contributed by atoms with E-state index in [1.54, 1.807) is 0 Å². The molecular formula is C19H34N4OS. The number of likely N-dealkylation sites (N-methyl/N-ethyl adjacent to an activating group) is 1. The molecule has 25 heavy (non-hydrogen) atoms. The summed E-state index contributed by atoms with van der Waals surface area (Å²) in [4.78, 5) is 6.79. The van der Waals surface area contributed by atoms with Crippen LogP contribution in [-0.2, 0) is 6.54 Å². The van der Waals surface area contributed by atoms with E-state index in [0.29, 0.717) is 13.2 Å². The highest BCUT2D eigenvalue weighted by Crippen LogP contribution is 2.14. The fourth-order valence-electron chi connectivity index (χ4n) is 2.17. The molecule has 0 bridgehead atoms. The van der Waals surface area contributed by atoms with Crippen LogP contribution < -0.4 is 15.4 Å². The van der Waals surface area contributed by atoms with Crippen molar-refractivity contribution in [2.75, 3.05) is 52.3 Å². The minimum absolute atomic E-state index is 0.644. The van der Waals surface area contributed by atoms with Crippen LogP contribution in [0.5, 0.6) is 5.75 Å². The standard InChI is InChI=1S/C19H34N4OS/c1-5-20-19(21-11-6-7-14-25-4)22-16-17-9-8-10-18(15-17)24-13-12-23(2)3/h8-10,15H,5-7,11-14,16H2,1-4H3,(H2,20,21,22). The molecule has 2 N–H and O–H groups in total. The minimum atomic E-state index is 0.644. The third-order valence-corrected chi connectivity index (χ3v) is 4.23. The molecule has 0 heterocycles. The number of hydrogen-bond donors (Lipinski definition) is 2. The number of benzene rings is 1. The average molecular weight is 367 g/mol. The quantitative estimate of drug-likeness (QED) is 0.338. The van der Waals surface area contributed by atoms with Crippen molar-refractivity contribution < 1.29 is 4.74 Å². The van der Waals surface area contributed by atoms with E-state index in [2.05, 4.69) is 45.8 Å². The first-order valence-corrected chi connectivity index (χ1v) is 10.4. The third kappa shape index (κ3) is 10.9. The Bertz CT molecular complexity index is 494. The van der Waals surface area contributed by atoms with Crippen LogP contribution in [0.2, 0.25) is 0 Å². The molecule has 0 unspecified atom stereocenters. The van der Waals surface area contributed by atoms with E-state index in [-0.39, 0.29) is 0 Å². The van der Waals surface area contributed by atoms with Crippen molar-refractivity contribution in [2.45, 2.75) is 26.3 Å². The van der Waals surface area contributed by atoms with Gasteiger partial charge in [0.15, 0.2) is 5.96 Å². The Morgan fingerprint density at radius 2 is 2.08 bits per heavy atom. The molecule has 6 heteroatoms. The number of hydrogen-bond acceptors (Lipinski definition) is 4. The number of nitrogens with zero attached hydrogens (tertiary/aromatic N) is 2. The van der Waals surface area contributed by atoms with E-state index in [1.807, 2.05) is 38.0 Å². The topological polar surface area (TPSA) is 48.9 Å². The molecule has 0 saturated carbocycles. The van der Waals surface area contributed by atoms with E-state index < -0.39 is 0 Å². The molecule has 0 amide bonds. The molecule has 142 valence electrons. The summed E-state index contributed by atoms with van der Waals surface area (Å²) in [6, 6.07) is 8.18. The van der Waals surface area contributed by atoms with E-state index in [4.69, 9.17) is 4.74 Å². The van der Waals surface area contributed by atoms with Gasteiger partial charge in [0.2, 0.25) is 0 Å². The highest BCUT2D eigenvalue weighted by Gasteiger charge is 2.00. The van der Waals surface area contributed by atoms with Crippen LogP contribution in [-0.4, -0.2) is 63.2 Å². The first kappa shape index (κ1) is 21.6. The Morgan fingerprint density at radius 1 is 1.24 bits per heavy atom. The maximum absolute atomic E-state index is 5.79. The molecule has 0 aromatic heterocycles. The predicted octanol–water partition coefficient (Wildman–Crippen LogP) is 2.83. The van der Waals surface area contributed by atoms with E-state index >= 15 is 0 Å². The lowest BCUT2D eigenvalue weighted by Crippen LogP contribution is -2.37. The summed E-state index contributed by atoms with van der Waals surface area (Å²) in [5, 5.41) is 6.71. The number of aliphatic imine (C=N–C) groups is 1. The first-order valence-electron chi connectivity index (χ1n) is 9.03. The summed E-state index contributed by atoms with van der Waals surface area (Å²) in [5.74, 6) is 3.01. The Balaban J connectivity index is 2.48. The van der Waals surface area contributed by atoms with Gasteiger partial charge >= 0.3 is 0 Å². The third-order valence-electron chi connectivity index (χ3n) is 3.54. The van der Waals surface area contributed by atoms with Crippen LogP contribution >= 0.6 is 11.8 Å². The lowest BCUT2D eigenvalue weighted by atomic mass is 10.2. The predicted molar refractivity (Wildman–Crippen MR) is 111 cm³/mol. The van der Waals surface area contributed by atoms with Crippen LogP contribution in [0.15, 0.2) is 29.3 Å². The lowest BCUT2D eigenvalue weighted by molar-refractivity contribution is 0.261. The smallest absolute Gasteiger partial charge is 0.191 e. The van der Waals surface area contributed by atoms with Gasteiger partial charge in [-0.2, -0.15) is 11.8 Å². The van der Waals surface area contributed by atoms with Crippen LogP contribution in [0.1, 0.15) is 25.3 Å².